The summed E-state index contributed by atoms with van der Waals surface area (Å²) in [6.45, 7) is 4.63. The second-order valence-electron chi connectivity index (χ2n) is 5.86. The first-order chi connectivity index (χ1) is 13.1. The Hall–Kier alpha value is -3.32. The summed E-state index contributed by atoms with van der Waals surface area (Å²) in [5.74, 6) is 1.20. The van der Waals surface area contributed by atoms with Crippen LogP contribution in [0.15, 0.2) is 53.5 Å². The normalized spacial score (nSPS) is 10.7. The van der Waals surface area contributed by atoms with Gasteiger partial charge in [0.15, 0.2) is 0 Å². The highest BCUT2D eigenvalue weighted by Gasteiger charge is 2.13. The molecule has 2 aromatic heterocycles. The van der Waals surface area contributed by atoms with E-state index in [9.17, 15) is 4.79 Å². The lowest BCUT2D eigenvalue weighted by Gasteiger charge is -2.07. The summed E-state index contributed by atoms with van der Waals surface area (Å²) in [6, 6.07) is 10.7. The maximum Gasteiger partial charge on any atom is 0.255 e. The lowest BCUT2D eigenvalue weighted by atomic mass is 10.2. The molecule has 3 N–H and O–H groups in total. The molecule has 0 saturated heterocycles. The first-order valence-electron chi connectivity index (χ1n) is 8.39. The van der Waals surface area contributed by atoms with Crippen molar-refractivity contribution in [1.29, 1.82) is 0 Å². The van der Waals surface area contributed by atoms with Crippen molar-refractivity contribution in [3.05, 3.63) is 66.1 Å². The predicted molar refractivity (Wildman–Crippen MR) is 102 cm³/mol. The first-order valence-corrected chi connectivity index (χ1v) is 8.39. The van der Waals surface area contributed by atoms with Crippen LogP contribution in [-0.2, 0) is 17.9 Å². The molecular weight excluding hydrogens is 346 g/mol. The zero-order valence-corrected chi connectivity index (χ0v) is 15.0. The maximum atomic E-state index is 12.4. The number of nitrogens with two attached hydrogens (primary N) is 1. The number of amides is 1. The summed E-state index contributed by atoms with van der Waals surface area (Å²) in [7, 11) is 1.57. The smallest absolute Gasteiger partial charge is 0.255 e. The number of hydrogen-bond donors (Lipinski definition) is 2. The molecule has 0 fully saturated rings. The summed E-state index contributed by atoms with van der Waals surface area (Å²) >= 11 is 0. The standard InChI is InChI=1S/C20H21N3O4/c1-3-8-26-15-5-7-18-13(9-15)10-16(27-18)11-22-20(24)17-6-4-14(12-25-2)23-19(17)21/h3-7,9-10H,1,8,11-12H2,2H3,(H2,21,23)(H,22,24). The van der Waals surface area contributed by atoms with Gasteiger partial charge < -0.3 is 24.9 Å². The van der Waals surface area contributed by atoms with Crippen molar-refractivity contribution in [1.82, 2.24) is 10.3 Å². The topological polar surface area (TPSA) is 99.6 Å². The highest BCUT2D eigenvalue weighted by molar-refractivity contribution is 5.98. The minimum Gasteiger partial charge on any atom is -0.490 e. The molecule has 0 unspecified atom stereocenters. The van der Waals surface area contributed by atoms with Gasteiger partial charge in [-0.3, -0.25) is 4.79 Å². The Labute approximate surface area is 156 Å². The summed E-state index contributed by atoms with van der Waals surface area (Å²) in [4.78, 5) is 16.5. The molecule has 0 spiro atoms. The van der Waals surface area contributed by atoms with E-state index in [0.717, 1.165) is 16.7 Å². The fourth-order valence-electron chi connectivity index (χ4n) is 2.61. The number of anilines is 1. The van der Waals surface area contributed by atoms with Crippen LogP contribution >= 0.6 is 0 Å². The number of rotatable bonds is 8. The second-order valence-corrected chi connectivity index (χ2v) is 5.86. The number of hydrogen-bond acceptors (Lipinski definition) is 6. The zero-order chi connectivity index (χ0) is 19.2. The van der Waals surface area contributed by atoms with Gasteiger partial charge in [-0.2, -0.15) is 0 Å². The molecule has 0 aliphatic carbocycles. The Morgan fingerprint density at radius 1 is 1.33 bits per heavy atom. The minimum absolute atomic E-state index is 0.163. The number of nitrogens with one attached hydrogen (secondary N) is 1. The molecule has 0 aliphatic heterocycles. The maximum absolute atomic E-state index is 12.4. The number of carbonyl (C=O) groups is 1. The first kappa shape index (κ1) is 18.5. The SMILES string of the molecule is C=CCOc1ccc2oc(CNC(=O)c3ccc(COC)nc3N)cc2c1. The Kier molecular flexibility index (Phi) is 5.73. The van der Waals surface area contributed by atoms with E-state index in [1.807, 2.05) is 24.3 Å². The summed E-state index contributed by atoms with van der Waals surface area (Å²) in [5, 5.41) is 3.68. The number of carbonyl (C=O) groups excluding carboxylic acids is 1. The Bertz CT molecular complexity index is 965. The fraction of sp³-hybridized carbons (Fsp3) is 0.200. The van der Waals surface area contributed by atoms with Gasteiger partial charge in [0.1, 0.15) is 29.5 Å². The third-order valence-electron chi connectivity index (χ3n) is 3.85. The van der Waals surface area contributed by atoms with E-state index >= 15 is 0 Å². The van der Waals surface area contributed by atoms with Crippen LogP contribution in [0.3, 0.4) is 0 Å². The third-order valence-corrected chi connectivity index (χ3v) is 3.85. The number of pyridine rings is 1. The molecule has 0 aliphatic rings. The quantitative estimate of drug-likeness (QED) is 0.594. The third kappa shape index (κ3) is 4.45. The van der Waals surface area contributed by atoms with Crippen molar-refractivity contribution < 1.29 is 18.7 Å². The van der Waals surface area contributed by atoms with Crippen LogP contribution in [0.5, 0.6) is 5.75 Å². The fourth-order valence-corrected chi connectivity index (χ4v) is 2.61. The molecule has 7 nitrogen and oxygen atoms in total. The van der Waals surface area contributed by atoms with Gasteiger partial charge in [-0.15, -0.1) is 0 Å². The van der Waals surface area contributed by atoms with E-state index in [0.29, 0.717) is 30.2 Å². The summed E-state index contributed by atoms with van der Waals surface area (Å²) in [6.07, 6.45) is 1.68. The van der Waals surface area contributed by atoms with E-state index in [-0.39, 0.29) is 18.3 Å². The van der Waals surface area contributed by atoms with Gasteiger partial charge in [0.05, 0.1) is 24.4 Å². The van der Waals surface area contributed by atoms with Crippen LogP contribution in [0, 0.1) is 0 Å². The average molecular weight is 367 g/mol. The average Bonchev–Trinajstić information content (AvgIpc) is 3.07. The van der Waals surface area contributed by atoms with Gasteiger partial charge in [-0.05, 0) is 36.4 Å². The molecule has 2 heterocycles. The van der Waals surface area contributed by atoms with Gasteiger partial charge in [0, 0.05) is 12.5 Å². The number of furan rings is 1. The molecule has 0 bridgehead atoms. The molecule has 27 heavy (non-hydrogen) atoms. The van der Waals surface area contributed by atoms with E-state index in [2.05, 4.69) is 16.9 Å². The molecule has 7 heteroatoms. The van der Waals surface area contributed by atoms with Crippen molar-refractivity contribution in [2.45, 2.75) is 13.2 Å². The zero-order valence-electron chi connectivity index (χ0n) is 15.0. The van der Waals surface area contributed by atoms with Gasteiger partial charge in [-0.25, -0.2) is 4.98 Å². The number of nitrogens with zero attached hydrogens (tertiary/aromatic N) is 1. The molecule has 0 atom stereocenters. The van der Waals surface area contributed by atoms with Crippen LogP contribution in [0.25, 0.3) is 11.0 Å². The largest absolute Gasteiger partial charge is 0.490 e. The van der Waals surface area contributed by atoms with Crippen LogP contribution in [0.1, 0.15) is 21.8 Å². The van der Waals surface area contributed by atoms with Crippen LogP contribution in [-0.4, -0.2) is 24.6 Å². The van der Waals surface area contributed by atoms with Gasteiger partial charge >= 0.3 is 0 Å². The van der Waals surface area contributed by atoms with Crippen LogP contribution in [0.2, 0.25) is 0 Å². The summed E-state index contributed by atoms with van der Waals surface area (Å²) < 4.78 is 16.3. The van der Waals surface area contributed by atoms with Crippen LogP contribution < -0.4 is 15.8 Å². The van der Waals surface area contributed by atoms with Crippen molar-refractivity contribution in [2.24, 2.45) is 0 Å². The van der Waals surface area contributed by atoms with E-state index in [1.54, 1.807) is 25.3 Å². The number of nitrogen functional groups attached to an aromatic ring is 1. The number of aromatic nitrogens is 1. The Balaban J connectivity index is 1.67. The lowest BCUT2D eigenvalue weighted by Crippen LogP contribution is -2.24. The monoisotopic (exact) mass is 367 g/mol. The molecule has 3 rings (SSSR count). The van der Waals surface area contributed by atoms with Crippen LogP contribution in [0.4, 0.5) is 5.82 Å². The molecule has 1 aromatic carbocycles. The van der Waals surface area contributed by atoms with Crippen molar-refractivity contribution in [3.8, 4) is 5.75 Å². The molecule has 1 amide bonds. The van der Waals surface area contributed by atoms with Gasteiger partial charge in [0.2, 0.25) is 0 Å². The number of methoxy groups -OCH3 is 1. The van der Waals surface area contributed by atoms with Crippen molar-refractivity contribution in [3.63, 3.8) is 0 Å². The molecular formula is C20H21N3O4. The number of ether oxygens (including phenoxy) is 2. The highest BCUT2D eigenvalue weighted by Crippen LogP contribution is 2.24. The Morgan fingerprint density at radius 2 is 2.19 bits per heavy atom. The molecule has 0 radical (unpaired) electrons. The summed E-state index contributed by atoms with van der Waals surface area (Å²) in [5.41, 5.74) is 7.56. The van der Waals surface area contributed by atoms with Gasteiger partial charge in [-0.1, -0.05) is 12.7 Å². The predicted octanol–water partition coefficient (Wildman–Crippen LogP) is 3.05. The number of fused-ring (bicyclic) bond motifs is 1. The van der Waals surface area contributed by atoms with Crippen molar-refractivity contribution >= 4 is 22.7 Å². The second kappa shape index (κ2) is 8.37. The minimum atomic E-state index is -0.320. The molecule has 140 valence electrons. The highest BCUT2D eigenvalue weighted by atomic mass is 16.5. The lowest BCUT2D eigenvalue weighted by molar-refractivity contribution is 0.0948. The van der Waals surface area contributed by atoms with E-state index in [1.165, 1.54) is 0 Å². The van der Waals surface area contributed by atoms with Crippen molar-refractivity contribution in [2.75, 3.05) is 19.5 Å². The van der Waals surface area contributed by atoms with Gasteiger partial charge in [0.25, 0.3) is 5.91 Å². The Morgan fingerprint density at radius 3 is 2.93 bits per heavy atom. The van der Waals surface area contributed by atoms with E-state index in [4.69, 9.17) is 19.6 Å². The number of benzene rings is 1. The van der Waals surface area contributed by atoms with E-state index < -0.39 is 0 Å². The molecule has 3 aromatic rings. The molecule has 0 saturated carbocycles.